The number of hydrogen-bond donors (Lipinski definition) is 2. The third-order valence-electron chi connectivity index (χ3n) is 4.97. The molecule has 1 aliphatic rings. The lowest BCUT2D eigenvalue weighted by atomic mass is 10.2. The Labute approximate surface area is 186 Å². The van der Waals surface area contributed by atoms with Gasteiger partial charge in [-0.25, -0.2) is 8.42 Å². The van der Waals surface area contributed by atoms with Gasteiger partial charge in [0, 0.05) is 28.9 Å². The van der Waals surface area contributed by atoms with Gasteiger partial charge in [-0.1, -0.05) is 28.4 Å². The number of rotatable bonds is 7. The molecule has 7 nitrogen and oxygen atoms in total. The lowest BCUT2D eigenvalue weighted by molar-refractivity contribution is -0.116. The van der Waals surface area contributed by atoms with Crippen LogP contribution in [0.15, 0.2) is 51.8 Å². The first-order chi connectivity index (χ1) is 14.3. The summed E-state index contributed by atoms with van der Waals surface area (Å²) in [4.78, 5) is 12.6. The molecule has 1 atom stereocenters. The van der Waals surface area contributed by atoms with E-state index in [-0.39, 0.29) is 16.6 Å². The number of carbonyl (C=O) groups is 1. The number of hydrogen-bond acceptors (Lipinski definition) is 5. The minimum atomic E-state index is -3.67. The molecule has 30 heavy (non-hydrogen) atoms. The molecule has 3 rings (SSSR count). The molecule has 1 saturated heterocycles. The molecule has 2 aromatic carbocycles. The van der Waals surface area contributed by atoms with Gasteiger partial charge in [0.1, 0.15) is 16.7 Å². The van der Waals surface area contributed by atoms with E-state index in [9.17, 15) is 13.2 Å². The first kappa shape index (κ1) is 22.6. The summed E-state index contributed by atoms with van der Waals surface area (Å²) in [6.07, 6.45) is 2.74. The van der Waals surface area contributed by atoms with Gasteiger partial charge < -0.3 is 15.4 Å². The highest BCUT2D eigenvalue weighted by Gasteiger charge is 2.29. The highest BCUT2D eigenvalue weighted by Crippen LogP contribution is 2.31. The van der Waals surface area contributed by atoms with Gasteiger partial charge in [-0.15, -0.1) is 0 Å². The van der Waals surface area contributed by atoms with Crippen LogP contribution in [0.4, 0.5) is 11.4 Å². The summed E-state index contributed by atoms with van der Waals surface area (Å²) in [7, 11) is -2.22. The van der Waals surface area contributed by atoms with Crippen molar-refractivity contribution in [3.05, 3.63) is 46.9 Å². The Hall–Kier alpha value is -2.10. The lowest BCUT2D eigenvalue weighted by Crippen LogP contribution is -2.36. The van der Waals surface area contributed by atoms with Crippen LogP contribution in [0, 0.1) is 0 Å². The number of nitrogens with zero attached hydrogens (tertiary/aromatic N) is 1. The Morgan fingerprint density at radius 2 is 1.83 bits per heavy atom. The number of anilines is 2. The molecule has 0 radical (unpaired) electrons. The molecule has 162 valence electrons. The van der Waals surface area contributed by atoms with E-state index in [0.717, 1.165) is 23.7 Å². The fourth-order valence-electron chi connectivity index (χ4n) is 3.34. The van der Waals surface area contributed by atoms with E-state index in [1.165, 1.54) is 17.5 Å². The number of halogens is 1. The zero-order valence-electron chi connectivity index (χ0n) is 17.0. The lowest BCUT2D eigenvalue weighted by Gasteiger charge is -2.27. The van der Waals surface area contributed by atoms with Crippen molar-refractivity contribution in [2.24, 2.45) is 0 Å². The Kier molecular flexibility index (Phi) is 7.38. The second kappa shape index (κ2) is 9.80. The summed E-state index contributed by atoms with van der Waals surface area (Å²) in [6.45, 7) is 2.74. The quantitative estimate of drug-likeness (QED) is 0.604. The summed E-state index contributed by atoms with van der Waals surface area (Å²) < 4.78 is 34.0. The number of piperidine rings is 1. The van der Waals surface area contributed by atoms with E-state index in [0.29, 0.717) is 24.5 Å². The SMILES string of the molecule is COc1ccc(NC(C)C(=O)Nc2cccc(Br)c2)cc1S(=O)(=O)N1CCCCC1. The Morgan fingerprint density at radius 1 is 1.10 bits per heavy atom. The number of ether oxygens (including phenoxy) is 1. The molecular weight excluding hydrogens is 470 g/mol. The van der Waals surface area contributed by atoms with Gasteiger partial charge in [0.25, 0.3) is 0 Å². The minimum Gasteiger partial charge on any atom is -0.495 e. The molecule has 0 aromatic heterocycles. The standard InChI is InChI=1S/C21H26BrN3O4S/c1-15(21(26)24-17-8-6-7-16(22)13-17)23-18-9-10-19(29-2)20(14-18)30(27,28)25-11-4-3-5-12-25/h6-10,13-15,23H,3-5,11-12H2,1-2H3,(H,24,26). The minimum absolute atomic E-state index is 0.108. The summed E-state index contributed by atoms with van der Waals surface area (Å²) in [5.74, 6) is 0.0571. The van der Waals surface area contributed by atoms with Crippen LogP contribution < -0.4 is 15.4 Å². The third kappa shape index (κ3) is 5.33. The van der Waals surface area contributed by atoms with E-state index in [2.05, 4.69) is 26.6 Å². The van der Waals surface area contributed by atoms with Crippen LogP contribution in [0.5, 0.6) is 5.75 Å². The molecule has 1 amide bonds. The van der Waals surface area contributed by atoms with Gasteiger partial charge in [-0.3, -0.25) is 4.79 Å². The highest BCUT2D eigenvalue weighted by molar-refractivity contribution is 9.10. The van der Waals surface area contributed by atoms with Crippen molar-refractivity contribution in [2.45, 2.75) is 37.1 Å². The van der Waals surface area contributed by atoms with Gasteiger partial charge in [-0.2, -0.15) is 4.31 Å². The molecule has 1 unspecified atom stereocenters. The van der Waals surface area contributed by atoms with Crippen molar-refractivity contribution in [1.29, 1.82) is 0 Å². The average molecular weight is 496 g/mol. The van der Waals surface area contributed by atoms with Gasteiger partial charge >= 0.3 is 0 Å². The van der Waals surface area contributed by atoms with E-state index in [1.807, 2.05) is 12.1 Å². The Morgan fingerprint density at radius 3 is 2.50 bits per heavy atom. The van der Waals surface area contributed by atoms with Crippen LogP contribution in [0.2, 0.25) is 0 Å². The normalized spacial score (nSPS) is 16.0. The number of nitrogens with one attached hydrogen (secondary N) is 2. The fourth-order valence-corrected chi connectivity index (χ4v) is 5.44. The van der Waals surface area contributed by atoms with Gasteiger partial charge in [-0.05, 0) is 56.2 Å². The molecule has 0 saturated carbocycles. The summed E-state index contributed by atoms with van der Waals surface area (Å²) in [6, 6.07) is 11.6. The molecule has 1 fully saturated rings. The van der Waals surface area contributed by atoms with Crippen molar-refractivity contribution in [3.8, 4) is 5.75 Å². The molecule has 0 bridgehead atoms. The molecule has 1 aliphatic heterocycles. The zero-order valence-corrected chi connectivity index (χ0v) is 19.4. The monoisotopic (exact) mass is 495 g/mol. The molecule has 2 N–H and O–H groups in total. The molecule has 1 heterocycles. The van der Waals surface area contributed by atoms with Gasteiger partial charge in [0.15, 0.2) is 0 Å². The zero-order chi connectivity index (χ0) is 21.7. The van der Waals surface area contributed by atoms with Crippen LogP contribution >= 0.6 is 15.9 Å². The van der Waals surface area contributed by atoms with Gasteiger partial charge in [0.2, 0.25) is 15.9 Å². The number of methoxy groups -OCH3 is 1. The first-order valence-corrected chi connectivity index (χ1v) is 12.1. The first-order valence-electron chi connectivity index (χ1n) is 9.82. The van der Waals surface area contributed by atoms with Crippen LogP contribution in [-0.4, -0.2) is 44.9 Å². The summed E-state index contributed by atoms with van der Waals surface area (Å²) in [5, 5.41) is 5.92. The Bertz CT molecular complexity index is 1010. The van der Waals surface area contributed by atoms with E-state index < -0.39 is 16.1 Å². The molecule has 0 spiro atoms. The average Bonchev–Trinajstić information content (AvgIpc) is 2.74. The molecule has 0 aliphatic carbocycles. The van der Waals surface area contributed by atoms with E-state index in [1.54, 1.807) is 31.2 Å². The fraction of sp³-hybridized carbons (Fsp3) is 0.381. The summed E-state index contributed by atoms with van der Waals surface area (Å²) >= 11 is 3.38. The topological polar surface area (TPSA) is 87.7 Å². The van der Waals surface area contributed by atoms with Crippen molar-refractivity contribution >= 4 is 43.2 Å². The van der Waals surface area contributed by atoms with Crippen molar-refractivity contribution in [1.82, 2.24) is 4.31 Å². The van der Waals surface area contributed by atoms with Crippen molar-refractivity contribution in [2.75, 3.05) is 30.8 Å². The number of amides is 1. The molecule has 9 heteroatoms. The maximum atomic E-state index is 13.1. The van der Waals surface area contributed by atoms with E-state index in [4.69, 9.17) is 4.74 Å². The second-order valence-electron chi connectivity index (χ2n) is 7.20. The number of carbonyl (C=O) groups excluding carboxylic acids is 1. The maximum absolute atomic E-state index is 13.1. The molecular formula is C21H26BrN3O4S. The maximum Gasteiger partial charge on any atom is 0.246 e. The predicted octanol–water partition coefficient (Wildman–Crippen LogP) is 4.07. The number of benzene rings is 2. The third-order valence-corrected chi connectivity index (χ3v) is 7.38. The highest BCUT2D eigenvalue weighted by atomic mass is 79.9. The molecule has 2 aromatic rings. The Balaban J connectivity index is 1.78. The smallest absolute Gasteiger partial charge is 0.246 e. The van der Waals surface area contributed by atoms with Crippen LogP contribution in [-0.2, 0) is 14.8 Å². The van der Waals surface area contributed by atoms with Gasteiger partial charge in [0.05, 0.1) is 7.11 Å². The predicted molar refractivity (Wildman–Crippen MR) is 121 cm³/mol. The largest absolute Gasteiger partial charge is 0.495 e. The van der Waals surface area contributed by atoms with E-state index >= 15 is 0 Å². The number of sulfonamides is 1. The van der Waals surface area contributed by atoms with Crippen LogP contribution in [0.1, 0.15) is 26.2 Å². The van der Waals surface area contributed by atoms with Crippen LogP contribution in [0.3, 0.4) is 0 Å². The van der Waals surface area contributed by atoms with Crippen molar-refractivity contribution < 1.29 is 17.9 Å². The second-order valence-corrected chi connectivity index (χ2v) is 10.0. The summed E-state index contributed by atoms with van der Waals surface area (Å²) in [5.41, 5.74) is 1.20. The van der Waals surface area contributed by atoms with Crippen LogP contribution in [0.25, 0.3) is 0 Å². The van der Waals surface area contributed by atoms with Crippen molar-refractivity contribution in [3.63, 3.8) is 0 Å².